The van der Waals surface area contributed by atoms with Gasteiger partial charge in [0.15, 0.2) is 0 Å². The van der Waals surface area contributed by atoms with Gasteiger partial charge in [0.1, 0.15) is 5.82 Å². The fourth-order valence-corrected chi connectivity index (χ4v) is 2.34. The molecule has 0 aliphatic carbocycles. The van der Waals surface area contributed by atoms with Crippen LogP contribution in [0.2, 0.25) is 0 Å². The second-order valence-corrected chi connectivity index (χ2v) is 5.52. The molecular weight excluding hydrogens is 267 g/mol. The van der Waals surface area contributed by atoms with E-state index in [9.17, 15) is 9.18 Å². The Bertz CT molecular complexity index is 647. The maximum Gasteiger partial charge on any atom is 0.337 e. The van der Waals surface area contributed by atoms with Crippen LogP contribution in [0.25, 0.3) is 11.1 Å². The first-order valence-corrected chi connectivity index (χ1v) is 6.98. The lowest BCUT2D eigenvalue weighted by Crippen LogP contribution is -2.02. The van der Waals surface area contributed by atoms with Gasteiger partial charge in [0.05, 0.1) is 12.7 Å². The molecule has 0 radical (unpaired) electrons. The minimum absolute atomic E-state index is 0.224. The normalized spacial score (nSPS) is 10.7. The van der Waals surface area contributed by atoms with Gasteiger partial charge in [-0.25, -0.2) is 9.18 Å². The first kappa shape index (κ1) is 15.2. The molecule has 0 amide bonds. The molecule has 0 N–H and O–H groups in total. The lowest BCUT2D eigenvalue weighted by molar-refractivity contribution is 0.0600. The largest absolute Gasteiger partial charge is 0.465 e. The van der Waals surface area contributed by atoms with E-state index in [1.54, 1.807) is 6.07 Å². The van der Waals surface area contributed by atoms with Gasteiger partial charge in [0.25, 0.3) is 0 Å². The molecule has 2 nitrogen and oxygen atoms in total. The molecule has 0 spiro atoms. The highest BCUT2D eigenvalue weighted by Crippen LogP contribution is 2.24. The number of rotatable bonds is 4. The van der Waals surface area contributed by atoms with Crippen LogP contribution in [-0.2, 0) is 11.2 Å². The van der Waals surface area contributed by atoms with Crippen LogP contribution >= 0.6 is 0 Å². The van der Waals surface area contributed by atoms with E-state index in [0.717, 1.165) is 12.0 Å². The fourth-order valence-electron chi connectivity index (χ4n) is 2.34. The number of halogens is 1. The number of hydrogen-bond donors (Lipinski definition) is 0. The van der Waals surface area contributed by atoms with Gasteiger partial charge in [0, 0.05) is 0 Å². The van der Waals surface area contributed by atoms with E-state index < -0.39 is 11.8 Å². The molecule has 0 saturated heterocycles. The molecule has 2 aromatic carbocycles. The monoisotopic (exact) mass is 286 g/mol. The number of hydrogen-bond acceptors (Lipinski definition) is 2. The van der Waals surface area contributed by atoms with Gasteiger partial charge in [-0.05, 0) is 47.2 Å². The van der Waals surface area contributed by atoms with Crippen LogP contribution in [0.4, 0.5) is 4.39 Å². The van der Waals surface area contributed by atoms with E-state index in [1.807, 2.05) is 18.2 Å². The first-order valence-electron chi connectivity index (χ1n) is 6.98. The first-order chi connectivity index (χ1) is 9.99. The van der Waals surface area contributed by atoms with Crippen molar-refractivity contribution in [3.05, 3.63) is 59.4 Å². The van der Waals surface area contributed by atoms with Crippen molar-refractivity contribution in [3.63, 3.8) is 0 Å². The Morgan fingerprint density at radius 3 is 2.57 bits per heavy atom. The Morgan fingerprint density at radius 2 is 1.90 bits per heavy atom. The van der Waals surface area contributed by atoms with Crippen molar-refractivity contribution in [2.24, 2.45) is 5.92 Å². The number of carbonyl (C=O) groups excluding carboxylic acids is 1. The molecule has 0 atom stereocenters. The van der Waals surface area contributed by atoms with Crippen molar-refractivity contribution in [2.45, 2.75) is 20.3 Å². The second-order valence-electron chi connectivity index (χ2n) is 5.52. The molecule has 0 bridgehead atoms. The molecule has 0 aliphatic heterocycles. The average molecular weight is 286 g/mol. The quantitative estimate of drug-likeness (QED) is 0.775. The highest BCUT2D eigenvalue weighted by molar-refractivity contribution is 5.91. The van der Waals surface area contributed by atoms with Crippen molar-refractivity contribution in [1.29, 1.82) is 0 Å². The average Bonchev–Trinajstić information content (AvgIpc) is 2.45. The maximum atomic E-state index is 13.7. The second kappa shape index (κ2) is 6.53. The summed E-state index contributed by atoms with van der Waals surface area (Å²) in [7, 11) is 1.29. The third-order valence-electron chi connectivity index (χ3n) is 3.22. The van der Waals surface area contributed by atoms with Gasteiger partial charge in [0.2, 0.25) is 0 Å². The van der Waals surface area contributed by atoms with Crippen molar-refractivity contribution >= 4 is 5.97 Å². The third kappa shape index (κ3) is 3.91. The molecule has 0 heterocycles. The maximum absolute atomic E-state index is 13.7. The summed E-state index contributed by atoms with van der Waals surface area (Å²) < 4.78 is 18.4. The fraction of sp³-hybridized carbons (Fsp3) is 0.278. The van der Waals surface area contributed by atoms with Crippen LogP contribution in [0, 0.1) is 11.7 Å². The van der Waals surface area contributed by atoms with Crippen LogP contribution < -0.4 is 0 Å². The minimum Gasteiger partial charge on any atom is -0.465 e. The van der Waals surface area contributed by atoms with Gasteiger partial charge in [-0.1, -0.05) is 38.1 Å². The number of ether oxygens (including phenoxy) is 1. The van der Waals surface area contributed by atoms with Crippen molar-refractivity contribution in [3.8, 4) is 11.1 Å². The predicted molar refractivity (Wildman–Crippen MR) is 81.7 cm³/mol. The Kier molecular flexibility index (Phi) is 4.73. The Labute approximate surface area is 124 Å². The molecule has 2 rings (SSSR count). The summed E-state index contributed by atoms with van der Waals surface area (Å²) in [5.74, 6) is -0.422. The van der Waals surface area contributed by atoms with E-state index in [2.05, 4.69) is 24.7 Å². The topological polar surface area (TPSA) is 26.3 Å². The van der Waals surface area contributed by atoms with E-state index in [0.29, 0.717) is 11.5 Å². The van der Waals surface area contributed by atoms with Gasteiger partial charge in [-0.15, -0.1) is 0 Å². The summed E-state index contributed by atoms with van der Waals surface area (Å²) in [5.41, 5.74) is 3.01. The molecule has 0 aliphatic rings. The summed E-state index contributed by atoms with van der Waals surface area (Å²) in [4.78, 5) is 11.6. The van der Waals surface area contributed by atoms with E-state index in [4.69, 9.17) is 0 Å². The third-order valence-corrected chi connectivity index (χ3v) is 3.22. The molecular formula is C18H19FO2. The molecule has 0 saturated carbocycles. The summed E-state index contributed by atoms with van der Waals surface area (Å²) in [6, 6.07) is 12.2. The van der Waals surface area contributed by atoms with E-state index >= 15 is 0 Å². The molecule has 21 heavy (non-hydrogen) atoms. The van der Waals surface area contributed by atoms with Crippen LogP contribution in [-0.4, -0.2) is 13.1 Å². The van der Waals surface area contributed by atoms with Gasteiger partial charge >= 0.3 is 5.97 Å². The zero-order chi connectivity index (χ0) is 15.4. The van der Waals surface area contributed by atoms with E-state index in [-0.39, 0.29) is 5.56 Å². The van der Waals surface area contributed by atoms with Crippen LogP contribution in [0.15, 0.2) is 42.5 Å². The molecule has 3 heteroatoms. The van der Waals surface area contributed by atoms with E-state index in [1.165, 1.54) is 24.8 Å². The molecule has 2 aromatic rings. The smallest absolute Gasteiger partial charge is 0.337 e. The molecule has 110 valence electrons. The van der Waals surface area contributed by atoms with Crippen molar-refractivity contribution in [2.75, 3.05) is 7.11 Å². The number of esters is 1. The summed E-state index contributed by atoms with van der Waals surface area (Å²) in [6.07, 6.45) is 0.965. The number of benzene rings is 2. The van der Waals surface area contributed by atoms with Gasteiger partial charge in [-0.3, -0.25) is 0 Å². The summed E-state index contributed by atoms with van der Waals surface area (Å²) in [6.45, 7) is 4.31. The van der Waals surface area contributed by atoms with Crippen molar-refractivity contribution in [1.82, 2.24) is 0 Å². The van der Waals surface area contributed by atoms with Gasteiger partial charge in [-0.2, -0.15) is 0 Å². The van der Waals surface area contributed by atoms with Crippen molar-refractivity contribution < 1.29 is 13.9 Å². The standard InChI is InChI=1S/C18H19FO2/c1-12(2)7-13-5-4-6-14(8-13)15-9-16(18(20)21-3)11-17(19)10-15/h4-6,8-12H,7H2,1-3H3. The minimum atomic E-state index is -0.533. The Morgan fingerprint density at radius 1 is 1.14 bits per heavy atom. The highest BCUT2D eigenvalue weighted by Gasteiger charge is 2.10. The SMILES string of the molecule is COC(=O)c1cc(F)cc(-c2cccc(CC(C)C)c2)c1. The Hall–Kier alpha value is -2.16. The van der Waals surface area contributed by atoms with Crippen LogP contribution in [0.3, 0.4) is 0 Å². The zero-order valence-electron chi connectivity index (χ0n) is 12.5. The lowest BCUT2D eigenvalue weighted by Gasteiger charge is -2.09. The number of carbonyl (C=O) groups is 1. The summed E-state index contributed by atoms with van der Waals surface area (Å²) in [5, 5.41) is 0. The van der Waals surface area contributed by atoms with Crippen LogP contribution in [0.1, 0.15) is 29.8 Å². The highest BCUT2D eigenvalue weighted by atomic mass is 19.1. The lowest BCUT2D eigenvalue weighted by atomic mass is 9.97. The Balaban J connectivity index is 2.41. The van der Waals surface area contributed by atoms with Gasteiger partial charge < -0.3 is 4.74 Å². The molecule has 0 unspecified atom stereocenters. The zero-order valence-corrected chi connectivity index (χ0v) is 12.5. The molecule has 0 fully saturated rings. The summed E-state index contributed by atoms with van der Waals surface area (Å²) >= 11 is 0. The predicted octanol–water partition coefficient (Wildman–Crippen LogP) is 4.48. The van der Waals surface area contributed by atoms with Crippen LogP contribution in [0.5, 0.6) is 0 Å². The molecule has 0 aromatic heterocycles. The number of methoxy groups -OCH3 is 1.